The third kappa shape index (κ3) is 2.46. The summed E-state index contributed by atoms with van der Waals surface area (Å²) in [5.41, 5.74) is 0. The zero-order chi connectivity index (χ0) is 22.5. The molecule has 0 aliphatic carbocycles. The Hall–Kier alpha value is -2.25. The molecule has 0 nitrogen and oxygen atoms in total. The van der Waals surface area contributed by atoms with Crippen molar-refractivity contribution >= 4 is 49.2 Å². The number of hydrogen-bond donors (Lipinski definition) is 0. The molecule has 0 amide bonds. The molecule has 32 heavy (non-hydrogen) atoms. The molecule has 0 saturated carbocycles. The lowest BCUT2D eigenvalue weighted by Crippen LogP contribution is -3.14. The summed E-state index contributed by atoms with van der Waals surface area (Å²) in [4.78, 5) is 0. The van der Waals surface area contributed by atoms with E-state index >= 15 is 0 Å². The number of benzene rings is 4. The molecule has 0 radical (unpaired) electrons. The SMILES string of the molecule is C[Si]1(c2ccccc2)[Si](C)(c2ccccc2)[Si](C)(c2ccccc2)[Si]1(C)c1ccccc1. The molecule has 0 bridgehead atoms. The monoisotopic (exact) mass is 480 g/mol. The van der Waals surface area contributed by atoms with Gasteiger partial charge in [0.15, 0.2) is 0 Å². The lowest BCUT2D eigenvalue weighted by molar-refractivity contribution is 1.68. The van der Waals surface area contributed by atoms with Gasteiger partial charge in [0, 0.05) is 0 Å². The van der Waals surface area contributed by atoms with Crippen LogP contribution >= 0.6 is 0 Å². The summed E-state index contributed by atoms with van der Waals surface area (Å²) >= 11 is 0. The molecular formula is C28H32Si4. The van der Waals surface area contributed by atoms with Crippen LogP contribution in [0.4, 0.5) is 0 Å². The fourth-order valence-electron chi connectivity index (χ4n) is 7.33. The molecule has 1 fully saturated rings. The third-order valence-electron chi connectivity index (χ3n) is 9.40. The van der Waals surface area contributed by atoms with Crippen LogP contribution in [-0.2, 0) is 0 Å². The molecule has 5 rings (SSSR count). The van der Waals surface area contributed by atoms with Gasteiger partial charge in [-0.15, -0.1) is 0 Å². The first-order valence-corrected chi connectivity index (χ1v) is 25.6. The van der Waals surface area contributed by atoms with E-state index in [4.69, 9.17) is 0 Å². The van der Waals surface area contributed by atoms with E-state index in [9.17, 15) is 0 Å². The van der Waals surface area contributed by atoms with Crippen LogP contribution < -0.4 is 20.7 Å². The number of hydrogen-bond acceptors (Lipinski definition) is 0. The molecule has 1 aliphatic rings. The minimum Gasteiger partial charge on any atom is -0.0688 e. The summed E-state index contributed by atoms with van der Waals surface area (Å²) in [5, 5.41) is 6.77. The predicted molar refractivity (Wildman–Crippen MR) is 151 cm³/mol. The van der Waals surface area contributed by atoms with Gasteiger partial charge in [-0.3, -0.25) is 0 Å². The minimum atomic E-state index is -1.84. The number of rotatable bonds is 4. The molecular weight excluding hydrogens is 449 g/mol. The average Bonchev–Trinajstić information content (AvgIpc) is 2.88. The molecule has 4 heteroatoms. The Morgan fingerprint density at radius 3 is 0.594 bits per heavy atom. The summed E-state index contributed by atoms with van der Waals surface area (Å²) in [6.07, 6.45) is 0. The van der Waals surface area contributed by atoms with Gasteiger partial charge in [-0.1, -0.05) is 168 Å². The van der Waals surface area contributed by atoms with E-state index < -0.39 is 28.4 Å². The zero-order valence-corrected chi connectivity index (χ0v) is 23.5. The van der Waals surface area contributed by atoms with E-state index in [1.807, 2.05) is 0 Å². The summed E-state index contributed by atoms with van der Waals surface area (Å²) in [6.45, 7) is 11.2. The van der Waals surface area contributed by atoms with Crippen molar-refractivity contribution in [1.29, 1.82) is 0 Å². The van der Waals surface area contributed by atoms with Crippen LogP contribution in [-0.4, -0.2) is 28.4 Å². The highest BCUT2D eigenvalue weighted by molar-refractivity contribution is 8.20. The molecule has 1 saturated heterocycles. The molecule has 1 heterocycles. The van der Waals surface area contributed by atoms with Gasteiger partial charge in [0.25, 0.3) is 0 Å². The van der Waals surface area contributed by atoms with Gasteiger partial charge in [0.1, 0.15) is 0 Å². The summed E-state index contributed by atoms with van der Waals surface area (Å²) in [6, 6.07) is 46.9. The van der Waals surface area contributed by atoms with E-state index in [1.165, 1.54) is 0 Å². The predicted octanol–water partition coefficient (Wildman–Crippen LogP) is 4.26. The second kappa shape index (κ2) is 7.66. The Morgan fingerprint density at radius 1 is 0.281 bits per heavy atom. The van der Waals surface area contributed by atoms with E-state index in [0.717, 1.165) is 0 Å². The quantitative estimate of drug-likeness (QED) is 0.383. The maximum Gasteiger partial charge on any atom is 0.0773 e. The standard InChI is InChI=1S/C28H32Si4/c1-29(25-17-9-5-10-18-25)30(2,26-19-11-6-12-20-26)32(4,28-23-15-8-16-24-28)31(29,3)27-21-13-7-14-22-27/h5-24H,1-4H3. The summed E-state index contributed by atoms with van der Waals surface area (Å²) in [7, 11) is -7.36. The molecule has 0 unspecified atom stereocenters. The Balaban J connectivity index is 1.91. The van der Waals surface area contributed by atoms with Gasteiger partial charge in [0.05, 0.1) is 28.4 Å². The Morgan fingerprint density at radius 2 is 0.438 bits per heavy atom. The molecule has 0 spiro atoms. The highest BCUT2D eigenvalue weighted by Crippen LogP contribution is 2.50. The lowest BCUT2D eigenvalue weighted by atomic mass is 10.4. The largest absolute Gasteiger partial charge is 0.0773 e. The first-order valence-electron chi connectivity index (χ1n) is 11.6. The Bertz CT molecular complexity index is 1000. The highest BCUT2D eigenvalue weighted by Gasteiger charge is 2.85. The maximum atomic E-state index is 2.79. The van der Waals surface area contributed by atoms with E-state index in [-0.39, 0.29) is 0 Å². The topological polar surface area (TPSA) is 0 Å². The molecule has 4 aromatic rings. The van der Waals surface area contributed by atoms with Crippen LogP contribution in [0.1, 0.15) is 0 Å². The van der Waals surface area contributed by atoms with Crippen molar-refractivity contribution in [3.8, 4) is 0 Å². The maximum absolute atomic E-state index is 2.79. The van der Waals surface area contributed by atoms with Crippen molar-refractivity contribution in [2.24, 2.45) is 0 Å². The zero-order valence-electron chi connectivity index (χ0n) is 19.5. The van der Waals surface area contributed by atoms with Crippen LogP contribution in [0.5, 0.6) is 0 Å². The van der Waals surface area contributed by atoms with Gasteiger partial charge < -0.3 is 0 Å². The first kappa shape index (κ1) is 21.6. The van der Waals surface area contributed by atoms with E-state index in [1.54, 1.807) is 20.7 Å². The fraction of sp³-hybridized carbons (Fsp3) is 0.143. The molecule has 0 N–H and O–H groups in total. The second-order valence-electron chi connectivity index (χ2n) is 9.96. The van der Waals surface area contributed by atoms with E-state index in [2.05, 4.69) is 148 Å². The van der Waals surface area contributed by atoms with Crippen molar-refractivity contribution in [2.45, 2.75) is 26.2 Å². The third-order valence-corrected chi connectivity index (χ3v) is 99.3. The molecule has 0 aromatic heterocycles. The van der Waals surface area contributed by atoms with Crippen molar-refractivity contribution in [2.75, 3.05) is 0 Å². The molecule has 4 aromatic carbocycles. The van der Waals surface area contributed by atoms with Crippen LogP contribution in [0, 0.1) is 0 Å². The van der Waals surface area contributed by atoms with Crippen LogP contribution in [0.3, 0.4) is 0 Å². The lowest BCUT2D eigenvalue weighted by Gasteiger charge is -2.76. The van der Waals surface area contributed by atoms with Gasteiger partial charge in [-0.2, -0.15) is 0 Å². The van der Waals surface area contributed by atoms with Gasteiger partial charge >= 0.3 is 0 Å². The van der Waals surface area contributed by atoms with Crippen LogP contribution in [0.25, 0.3) is 0 Å². The van der Waals surface area contributed by atoms with Gasteiger partial charge in [0.2, 0.25) is 0 Å². The Kier molecular flexibility index (Phi) is 5.17. The van der Waals surface area contributed by atoms with Crippen molar-refractivity contribution in [3.05, 3.63) is 121 Å². The Labute approximate surface area is 196 Å². The molecule has 160 valence electrons. The van der Waals surface area contributed by atoms with Crippen molar-refractivity contribution in [3.63, 3.8) is 0 Å². The smallest absolute Gasteiger partial charge is 0.0688 e. The second-order valence-corrected chi connectivity index (χ2v) is 51.3. The summed E-state index contributed by atoms with van der Waals surface area (Å²) in [5.74, 6) is 0. The molecule has 1 aliphatic heterocycles. The van der Waals surface area contributed by atoms with Crippen LogP contribution in [0.2, 0.25) is 26.2 Å². The fourth-order valence-corrected chi connectivity index (χ4v) is 138. The van der Waals surface area contributed by atoms with Crippen molar-refractivity contribution in [1.82, 2.24) is 0 Å². The normalized spacial score (nSPS) is 31.6. The van der Waals surface area contributed by atoms with Gasteiger partial charge in [-0.25, -0.2) is 0 Å². The van der Waals surface area contributed by atoms with E-state index in [0.29, 0.717) is 0 Å². The summed E-state index contributed by atoms with van der Waals surface area (Å²) < 4.78 is 0. The average molecular weight is 481 g/mol. The highest BCUT2D eigenvalue weighted by atomic mass is 30.2. The van der Waals surface area contributed by atoms with Crippen LogP contribution in [0.15, 0.2) is 121 Å². The molecule has 0 atom stereocenters. The minimum absolute atomic E-state index is 1.69. The van der Waals surface area contributed by atoms with Gasteiger partial charge in [-0.05, 0) is 0 Å². The van der Waals surface area contributed by atoms with Crippen molar-refractivity contribution < 1.29 is 0 Å². The first-order chi connectivity index (χ1) is 15.4.